The smallest absolute Gasteiger partial charge is 0.0978 e. The maximum atomic E-state index is 6.04. The lowest BCUT2D eigenvalue weighted by molar-refractivity contribution is 0.0238. The zero-order valence-electron chi connectivity index (χ0n) is 8.57. The van der Waals surface area contributed by atoms with E-state index in [9.17, 15) is 0 Å². The third kappa shape index (κ3) is 1.68. The maximum Gasteiger partial charge on any atom is 0.0978 e. The van der Waals surface area contributed by atoms with Gasteiger partial charge >= 0.3 is 0 Å². The van der Waals surface area contributed by atoms with Gasteiger partial charge in [0.15, 0.2) is 0 Å². The van der Waals surface area contributed by atoms with E-state index in [-0.39, 0.29) is 12.1 Å². The monoisotopic (exact) mass is 191 g/mol. The van der Waals surface area contributed by atoms with Gasteiger partial charge in [-0.1, -0.05) is 31.2 Å². The van der Waals surface area contributed by atoms with Gasteiger partial charge in [0.2, 0.25) is 0 Å². The minimum atomic E-state index is 0.102. The minimum Gasteiger partial charge on any atom is -0.372 e. The summed E-state index contributed by atoms with van der Waals surface area (Å²) in [5.41, 5.74) is 8.72. The molecular formula is C12H17NO. The first-order valence-electron chi connectivity index (χ1n) is 5.28. The summed E-state index contributed by atoms with van der Waals surface area (Å²) in [5.74, 6) is 0. The van der Waals surface area contributed by atoms with Gasteiger partial charge in [-0.05, 0) is 24.0 Å². The second-order valence-corrected chi connectivity index (χ2v) is 3.81. The Morgan fingerprint density at radius 2 is 2.29 bits per heavy atom. The highest BCUT2D eigenvalue weighted by Crippen LogP contribution is 2.29. The van der Waals surface area contributed by atoms with Crippen molar-refractivity contribution in [3.63, 3.8) is 0 Å². The Morgan fingerprint density at radius 3 is 3.07 bits per heavy atom. The van der Waals surface area contributed by atoms with Crippen molar-refractivity contribution in [1.82, 2.24) is 0 Å². The molecule has 1 aromatic carbocycles. The van der Waals surface area contributed by atoms with Crippen LogP contribution in [-0.2, 0) is 11.2 Å². The van der Waals surface area contributed by atoms with E-state index >= 15 is 0 Å². The van der Waals surface area contributed by atoms with Crippen molar-refractivity contribution in [3.05, 3.63) is 35.4 Å². The Balaban J connectivity index is 2.30. The molecule has 1 heterocycles. The van der Waals surface area contributed by atoms with Gasteiger partial charge < -0.3 is 10.5 Å². The SMILES string of the molecule is CC[C@@H](N)[C@@H]1OCCc2ccccc21. The lowest BCUT2D eigenvalue weighted by Gasteiger charge is -2.29. The van der Waals surface area contributed by atoms with Crippen LogP contribution in [0, 0.1) is 0 Å². The van der Waals surface area contributed by atoms with Gasteiger partial charge in [-0.3, -0.25) is 0 Å². The van der Waals surface area contributed by atoms with Crippen LogP contribution in [-0.4, -0.2) is 12.6 Å². The van der Waals surface area contributed by atoms with Gasteiger partial charge in [0.1, 0.15) is 0 Å². The second-order valence-electron chi connectivity index (χ2n) is 3.81. The zero-order valence-corrected chi connectivity index (χ0v) is 8.57. The fourth-order valence-corrected chi connectivity index (χ4v) is 1.99. The molecule has 2 nitrogen and oxygen atoms in total. The van der Waals surface area contributed by atoms with Gasteiger partial charge in [0.25, 0.3) is 0 Å². The minimum absolute atomic E-state index is 0.102. The fourth-order valence-electron chi connectivity index (χ4n) is 1.99. The van der Waals surface area contributed by atoms with Crippen LogP contribution in [0.15, 0.2) is 24.3 Å². The van der Waals surface area contributed by atoms with Crippen LogP contribution in [0.2, 0.25) is 0 Å². The molecule has 2 N–H and O–H groups in total. The quantitative estimate of drug-likeness (QED) is 0.776. The van der Waals surface area contributed by atoms with Crippen molar-refractivity contribution in [2.45, 2.75) is 31.9 Å². The van der Waals surface area contributed by atoms with E-state index in [1.165, 1.54) is 11.1 Å². The molecule has 1 aliphatic heterocycles. The summed E-state index contributed by atoms with van der Waals surface area (Å²) in [4.78, 5) is 0. The number of ether oxygens (including phenoxy) is 1. The lowest BCUT2D eigenvalue weighted by atomic mass is 9.93. The number of nitrogens with two attached hydrogens (primary N) is 1. The number of fused-ring (bicyclic) bond motifs is 1. The summed E-state index contributed by atoms with van der Waals surface area (Å²) in [6, 6.07) is 8.57. The van der Waals surface area contributed by atoms with Crippen molar-refractivity contribution in [1.29, 1.82) is 0 Å². The second kappa shape index (κ2) is 4.11. The largest absolute Gasteiger partial charge is 0.372 e. The Hall–Kier alpha value is -0.860. The summed E-state index contributed by atoms with van der Waals surface area (Å²) in [7, 11) is 0. The van der Waals surface area contributed by atoms with Crippen LogP contribution in [0.1, 0.15) is 30.6 Å². The van der Waals surface area contributed by atoms with Crippen molar-refractivity contribution < 1.29 is 4.74 Å². The predicted octanol–water partition coefficient (Wildman–Crippen LogP) is 2.04. The maximum absolute atomic E-state index is 6.04. The Kier molecular flexibility index (Phi) is 2.85. The third-order valence-corrected chi connectivity index (χ3v) is 2.89. The molecule has 2 atom stereocenters. The first-order chi connectivity index (χ1) is 6.83. The molecule has 0 fully saturated rings. The molecular weight excluding hydrogens is 174 g/mol. The van der Waals surface area contributed by atoms with Crippen molar-refractivity contribution >= 4 is 0 Å². The highest BCUT2D eigenvalue weighted by Gasteiger charge is 2.24. The fraction of sp³-hybridized carbons (Fsp3) is 0.500. The lowest BCUT2D eigenvalue weighted by Crippen LogP contribution is -2.33. The van der Waals surface area contributed by atoms with Crippen LogP contribution < -0.4 is 5.73 Å². The van der Waals surface area contributed by atoms with E-state index in [0.717, 1.165) is 19.4 Å². The molecule has 0 radical (unpaired) electrons. The molecule has 0 aliphatic carbocycles. The van der Waals surface area contributed by atoms with Crippen LogP contribution in [0.25, 0.3) is 0 Å². The molecule has 0 unspecified atom stereocenters. The van der Waals surface area contributed by atoms with Gasteiger partial charge in [-0.25, -0.2) is 0 Å². The van der Waals surface area contributed by atoms with E-state index < -0.39 is 0 Å². The molecule has 0 saturated heterocycles. The van der Waals surface area contributed by atoms with E-state index in [1.54, 1.807) is 0 Å². The first-order valence-corrected chi connectivity index (χ1v) is 5.28. The number of hydrogen-bond acceptors (Lipinski definition) is 2. The summed E-state index contributed by atoms with van der Waals surface area (Å²) < 4.78 is 5.73. The van der Waals surface area contributed by atoms with Gasteiger partial charge in [0.05, 0.1) is 12.7 Å². The van der Waals surface area contributed by atoms with E-state index in [2.05, 4.69) is 31.2 Å². The predicted molar refractivity (Wildman–Crippen MR) is 57.1 cm³/mol. The van der Waals surface area contributed by atoms with Crippen LogP contribution in [0.3, 0.4) is 0 Å². The standard InChI is InChI=1S/C12H17NO/c1-2-11(13)12-10-6-4-3-5-9(10)7-8-14-12/h3-6,11-12H,2,7-8,13H2,1H3/t11-,12-/m1/s1. The van der Waals surface area contributed by atoms with E-state index in [0.29, 0.717) is 0 Å². The molecule has 1 aliphatic rings. The molecule has 1 aromatic rings. The van der Waals surface area contributed by atoms with Gasteiger partial charge in [0, 0.05) is 6.04 Å². The summed E-state index contributed by atoms with van der Waals surface area (Å²) in [6.45, 7) is 2.90. The Morgan fingerprint density at radius 1 is 1.50 bits per heavy atom. The van der Waals surface area contributed by atoms with Gasteiger partial charge in [-0.2, -0.15) is 0 Å². The number of rotatable bonds is 2. The van der Waals surface area contributed by atoms with Crippen LogP contribution in [0.5, 0.6) is 0 Å². The van der Waals surface area contributed by atoms with Crippen molar-refractivity contribution in [3.8, 4) is 0 Å². The average molecular weight is 191 g/mol. The molecule has 0 spiro atoms. The first kappa shape index (κ1) is 9.69. The molecule has 0 bridgehead atoms. The molecule has 0 amide bonds. The van der Waals surface area contributed by atoms with E-state index in [1.807, 2.05) is 0 Å². The van der Waals surface area contributed by atoms with Gasteiger partial charge in [-0.15, -0.1) is 0 Å². The summed E-state index contributed by atoms with van der Waals surface area (Å²) in [5, 5.41) is 0. The normalized spacial score (nSPS) is 22.9. The molecule has 0 saturated carbocycles. The molecule has 2 heteroatoms. The molecule has 2 rings (SSSR count). The number of hydrogen-bond donors (Lipinski definition) is 1. The molecule has 14 heavy (non-hydrogen) atoms. The van der Waals surface area contributed by atoms with Crippen LogP contribution >= 0.6 is 0 Å². The zero-order chi connectivity index (χ0) is 9.97. The third-order valence-electron chi connectivity index (χ3n) is 2.89. The summed E-state index contributed by atoms with van der Waals surface area (Å²) >= 11 is 0. The summed E-state index contributed by atoms with van der Waals surface area (Å²) in [6.07, 6.45) is 2.08. The topological polar surface area (TPSA) is 35.2 Å². The highest BCUT2D eigenvalue weighted by atomic mass is 16.5. The average Bonchev–Trinajstić information content (AvgIpc) is 2.27. The van der Waals surface area contributed by atoms with Crippen molar-refractivity contribution in [2.75, 3.05) is 6.61 Å². The highest BCUT2D eigenvalue weighted by molar-refractivity contribution is 5.31. The Bertz CT molecular complexity index is 311. The molecule has 0 aromatic heterocycles. The molecule has 76 valence electrons. The number of benzene rings is 1. The van der Waals surface area contributed by atoms with Crippen molar-refractivity contribution in [2.24, 2.45) is 5.73 Å². The Labute approximate surface area is 85.1 Å². The van der Waals surface area contributed by atoms with E-state index in [4.69, 9.17) is 10.5 Å². The van der Waals surface area contributed by atoms with Crippen LogP contribution in [0.4, 0.5) is 0 Å².